The van der Waals surface area contributed by atoms with Crippen molar-refractivity contribution < 1.29 is 9.90 Å². The predicted octanol–water partition coefficient (Wildman–Crippen LogP) is 0.755. The van der Waals surface area contributed by atoms with Gasteiger partial charge >= 0.3 is 5.97 Å². The van der Waals surface area contributed by atoms with Crippen LogP contribution in [0.4, 0.5) is 0 Å². The van der Waals surface area contributed by atoms with Gasteiger partial charge in [0.25, 0.3) is 0 Å². The molecule has 3 heteroatoms. The van der Waals surface area contributed by atoms with Gasteiger partial charge in [0.1, 0.15) is 5.54 Å². The van der Waals surface area contributed by atoms with Gasteiger partial charge in [-0.3, -0.25) is 4.79 Å². The summed E-state index contributed by atoms with van der Waals surface area (Å²) in [4.78, 5) is 10.4. The number of hydrogen-bond donors (Lipinski definition) is 2. The highest BCUT2D eigenvalue weighted by atomic mass is 16.4. The van der Waals surface area contributed by atoms with E-state index in [2.05, 4.69) is 0 Å². The maximum absolute atomic E-state index is 10.4. The molecule has 0 unspecified atom stereocenters. The highest BCUT2D eigenvalue weighted by Gasteiger charge is 2.25. The van der Waals surface area contributed by atoms with E-state index in [0.29, 0.717) is 6.42 Å². The van der Waals surface area contributed by atoms with Gasteiger partial charge in [0, 0.05) is 0 Å². The van der Waals surface area contributed by atoms with Crippen molar-refractivity contribution in [1.29, 1.82) is 0 Å². The molecule has 0 aliphatic carbocycles. The van der Waals surface area contributed by atoms with E-state index in [9.17, 15) is 4.79 Å². The Bertz CT molecular complexity index is 150. The summed E-state index contributed by atoms with van der Waals surface area (Å²) in [7, 11) is 0. The second kappa shape index (κ2) is 3.37. The van der Waals surface area contributed by atoms with Crippen molar-refractivity contribution in [2.24, 2.45) is 5.73 Å². The first kappa shape index (κ1) is 9.17. The first-order valence-corrected chi connectivity index (χ1v) is 3.14. The largest absolute Gasteiger partial charge is 0.480 e. The Morgan fingerprint density at radius 3 is 2.60 bits per heavy atom. The molecule has 10 heavy (non-hydrogen) atoms. The molecule has 0 bridgehead atoms. The molecule has 3 nitrogen and oxygen atoms in total. The van der Waals surface area contributed by atoms with E-state index in [4.69, 9.17) is 10.8 Å². The zero-order chi connectivity index (χ0) is 8.20. The van der Waals surface area contributed by atoms with Crippen LogP contribution in [-0.4, -0.2) is 16.6 Å². The average molecular weight is 143 g/mol. The second-order valence-electron chi connectivity index (χ2n) is 2.50. The Hall–Kier alpha value is -0.830. The van der Waals surface area contributed by atoms with Gasteiger partial charge in [-0.1, -0.05) is 12.2 Å². The highest BCUT2D eigenvalue weighted by Crippen LogP contribution is 2.05. The SMILES string of the molecule is CC=CC[C@](C)(N)C(=O)O. The molecule has 58 valence electrons. The lowest BCUT2D eigenvalue weighted by atomic mass is 10.00. The van der Waals surface area contributed by atoms with Crippen LogP contribution in [0.25, 0.3) is 0 Å². The fourth-order valence-electron chi connectivity index (χ4n) is 0.450. The monoisotopic (exact) mass is 143 g/mol. The van der Waals surface area contributed by atoms with E-state index in [1.54, 1.807) is 12.2 Å². The molecule has 0 aliphatic heterocycles. The predicted molar refractivity (Wildman–Crippen MR) is 39.7 cm³/mol. The molecule has 0 heterocycles. The summed E-state index contributed by atoms with van der Waals surface area (Å²) < 4.78 is 0. The molecule has 0 aromatic rings. The normalized spacial score (nSPS) is 17.1. The zero-order valence-corrected chi connectivity index (χ0v) is 6.29. The summed E-state index contributed by atoms with van der Waals surface area (Å²) in [6, 6.07) is 0. The number of hydrogen-bond acceptors (Lipinski definition) is 2. The minimum atomic E-state index is -1.12. The molecule has 3 N–H and O–H groups in total. The van der Waals surface area contributed by atoms with Crippen LogP contribution < -0.4 is 5.73 Å². The van der Waals surface area contributed by atoms with Crippen LogP contribution in [0.5, 0.6) is 0 Å². The lowest BCUT2D eigenvalue weighted by molar-refractivity contribution is -0.142. The summed E-state index contributed by atoms with van der Waals surface area (Å²) in [5.74, 6) is -0.967. The smallest absolute Gasteiger partial charge is 0.323 e. The van der Waals surface area contributed by atoms with Crippen molar-refractivity contribution in [3.8, 4) is 0 Å². The van der Waals surface area contributed by atoms with Crippen LogP contribution in [0, 0.1) is 0 Å². The van der Waals surface area contributed by atoms with Crippen molar-refractivity contribution >= 4 is 5.97 Å². The van der Waals surface area contributed by atoms with E-state index in [-0.39, 0.29) is 0 Å². The molecule has 0 aromatic heterocycles. The lowest BCUT2D eigenvalue weighted by Gasteiger charge is -2.15. The third kappa shape index (κ3) is 2.64. The molecule has 0 rings (SSSR count). The maximum atomic E-state index is 10.4. The number of carboxylic acids is 1. The topological polar surface area (TPSA) is 63.3 Å². The van der Waals surface area contributed by atoms with Gasteiger partial charge < -0.3 is 10.8 Å². The second-order valence-corrected chi connectivity index (χ2v) is 2.50. The van der Waals surface area contributed by atoms with E-state index in [0.717, 1.165) is 0 Å². The number of allylic oxidation sites excluding steroid dienone is 1. The Labute approximate surface area is 60.5 Å². The zero-order valence-electron chi connectivity index (χ0n) is 6.29. The number of carboxylic acid groups (broad SMARTS) is 1. The van der Waals surface area contributed by atoms with Gasteiger partial charge in [-0.15, -0.1) is 0 Å². The van der Waals surface area contributed by atoms with Crippen LogP contribution in [0.1, 0.15) is 20.3 Å². The van der Waals surface area contributed by atoms with Crippen molar-refractivity contribution in [1.82, 2.24) is 0 Å². The molecule has 0 aromatic carbocycles. The van der Waals surface area contributed by atoms with Crippen LogP contribution in [0.2, 0.25) is 0 Å². The Morgan fingerprint density at radius 1 is 1.80 bits per heavy atom. The Morgan fingerprint density at radius 2 is 2.30 bits per heavy atom. The average Bonchev–Trinajstić information content (AvgIpc) is 1.84. The van der Waals surface area contributed by atoms with Gasteiger partial charge in [0.2, 0.25) is 0 Å². The minimum absolute atomic E-state index is 0.374. The summed E-state index contributed by atoms with van der Waals surface area (Å²) in [6.07, 6.45) is 3.90. The van der Waals surface area contributed by atoms with E-state index < -0.39 is 11.5 Å². The van der Waals surface area contributed by atoms with Gasteiger partial charge in [0.05, 0.1) is 0 Å². The number of aliphatic carboxylic acids is 1. The first-order chi connectivity index (χ1) is 4.50. The standard InChI is InChI=1S/C7H13NO2/c1-3-4-5-7(2,8)6(9)10/h3-4H,5,8H2,1-2H3,(H,9,10)/t7-/m0/s1. The summed E-state index contributed by atoms with van der Waals surface area (Å²) in [5, 5.41) is 8.51. The van der Waals surface area contributed by atoms with Gasteiger partial charge in [0.15, 0.2) is 0 Å². The Kier molecular flexibility index (Phi) is 3.09. The number of nitrogens with two attached hydrogens (primary N) is 1. The third-order valence-corrected chi connectivity index (χ3v) is 1.27. The van der Waals surface area contributed by atoms with E-state index >= 15 is 0 Å². The van der Waals surface area contributed by atoms with Crippen LogP contribution in [0.3, 0.4) is 0 Å². The first-order valence-electron chi connectivity index (χ1n) is 3.14. The van der Waals surface area contributed by atoms with Crippen molar-refractivity contribution in [2.45, 2.75) is 25.8 Å². The third-order valence-electron chi connectivity index (χ3n) is 1.27. The van der Waals surface area contributed by atoms with Gasteiger partial charge in [-0.2, -0.15) is 0 Å². The molecule has 0 amide bonds. The van der Waals surface area contributed by atoms with Crippen molar-refractivity contribution in [2.75, 3.05) is 0 Å². The highest BCUT2D eigenvalue weighted by molar-refractivity contribution is 5.78. The van der Waals surface area contributed by atoms with Crippen molar-refractivity contribution in [3.05, 3.63) is 12.2 Å². The molecule has 0 spiro atoms. The molecule has 1 atom stereocenters. The van der Waals surface area contributed by atoms with Crippen LogP contribution >= 0.6 is 0 Å². The van der Waals surface area contributed by atoms with Gasteiger partial charge in [-0.25, -0.2) is 0 Å². The van der Waals surface area contributed by atoms with E-state index in [1.165, 1.54) is 6.92 Å². The number of carbonyl (C=O) groups is 1. The molecule has 0 fully saturated rings. The molecular weight excluding hydrogens is 130 g/mol. The maximum Gasteiger partial charge on any atom is 0.323 e. The lowest BCUT2D eigenvalue weighted by Crippen LogP contribution is -2.44. The van der Waals surface area contributed by atoms with Gasteiger partial charge in [-0.05, 0) is 20.3 Å². The van der Waals surface area contributed by atoms with E-state index in [1.807, 2.05) is 6.92 Å². The fraction of sp³-hybridized carbons (Fsp3) is 0.571. The minimum Gasteiger partial charge on any atom is -0.480 e. The summed E-state index contributed by atoms with van der Waals surface area (Å²) in [6.45, 7) is 3.33. The summed E-state index contributed by atoms with van der Waals surface area (Å²) in [5.41, 5.74) is 4.28. The summed E-state index contributed by atoms with van der Waals surface area (Å²) >= 11 is 0. The van der Waals surface area contributed by atoms with Crippen molar-refractivity contribution in [3.63, 3.8) is 0 Å². The molecular formula is C7H13NO2. The molecule has 0 aliphatic rings. The quantitative estimate of drug-likeness (QED) is 0.573. The fourth-order valence-corrected chi connectivity index (χ4v) is 0.450. The molecule has 0 radical (unpaired) electrons. The Balaban J connectivity index is 3.99. The number of rotatable bonds is 3. The molecule has 0 saturated heterocycles. The van der Waals surface area contributed by atoms with Crippen LogP contribution in [0.15, 0.2) is 12.2 Å². The van der Waals surface area contributed by atoms with Crippen LogP contribution in [-0.2, 0) is 4.79 Å². The molecule has 0 saturated carbocycles.